The molecular weight excluding hydrogens is 281 g/mol. The normalized spacial score (nSPS) is 10.4. The number of benzene rings is 2. The summed E-state index contributed by atoms with van der Waals surface area (Å²) in [4.78, 5) is 0. The molecule has 5 heteroatoms. The molecule has 0 saturated heterocycles. The molecule has 0 unspecified atom stereocenters. The molecule has 2 aromatic carbocycles. The molecule has 0 aliphatic heterocycles. The Labute approximate surface area is 122 Å². The molecule has 0 fully saturated rings. The molecule has 0 aliphatic rings. The molecule has 2 N–H and O–H groups in total. The highest BCUT2D eigenvalue weighted by atomic mass is 35.5. The Morgan fingerprint density at radius 3 is 2.45 bits per heavy atom. The predicted octanol–water partition coefficient (Wildman–Crippen LogP) is 3.53. The Balaban J connectivity index is 2.18. The van der Waals surface area contributed by atoms with Gasteiger partial charge in [0.25, 0.3) is 0 Å². The van der Waals surface area contributed by atoms with Crippen molar-refractivity contribution in [2.45, 2.75) is 13.2 Å². The Hall–Kier alpha value is -1.78. The van der Waals surface area contributed by atoms with Crippen molar-refractivity contribution in [2.24, 2.45) is 5.73 Å². The van der Waals surface area contributed by atoms with Gasteiger partial charge in [0.15, 0.2) is 11.5 Å². The highest BCUT2D eigenvalue weighted by Gasteiger charge is 2.11. The average molecular weight is 296 g/mol. The van der Waals surface area contributed by atoms with Gasteiger partial charge in [0.1, 0.15) is 12.4 Å². The Morgan fingerprint density at radius 1 is 1.15 bits per heavy atom. The van der Waals surface area contributed by atoms with Crippen LogP contribution in [0.5, 0.6) is 11.5 Å². The molecule has 3 nitrogen and oxygen atoms in total. The standard InChI is InChI=1S/C15H15ClFNO2/c1-19-14-7-11(8-18)6-13(16)15(14)20-9-10-2-4-12(17)5-3-10/h2-7H,8-9,18H2,1H3. The highest BCUT2D eigenvalue weighted by Crippen LogP contribution is 2.36. The number of nitrogens with two attached hydrogens (primary N) is 1. The van der Waals surface area contributed by atoms with Crippen molar-refractivity contribution in [2.75, 3.05) is 7.11 Å². The summed E-state index contributed by atoms with van der Waals surface area (Å²) in [5.41, 5.74) is 7.28. The van der Waals surface area contributed by atoms with Gasteiger partial charge in [0.2, 0.25) is 0 Å². The molecule has 0 heterocycles. The highest BCUT2D eigenvalue weighted by molar-refractivity contribution is 6.32. The summed E-state index contributed by atoms with van der Waals surface area (Å²) in [6.07, 6.45) is 0. The van der Waals surface area contributed by atoms with Gasteiger partial charge in [-0.15, -0.1) is 0 Å². The van der Waals surface area contributed by atoms with Gasteiger partial charge in [-0.3, -0.25) is 0 Å². The summed E-state index contributed by atoms with van der Waals surface area (Å²) in [7, 11) is 1.54. The first-order chi connectivity index (χ1) is 9.63. The summed E-state index contributed by atoms with van der Waals surface area (Å²) in [5.74, 6) is 0.701. The zero-order valence-electron chi connectivity index (χ0n) is 11.0. The van der Waals surface area contributed by atoms with Crippen molar-refractivity contribution in [3.63, 3.8) is 0 Å². The maximum Gasteiger partial charge on any atom is 0.180 e. The molecule has 106 valence electrons. The van der Waals surface area contributed by atoms with Gasteiger partial charge in [-0.1, -0.05) is 23.7 Å². The van der Waals surface area contributed by atoms with Crippen LogP contribution in [0.25, 0.3) is 0 Å². The first-order valence-corrected chi connectivity index (χ1v) is 6.45. The predicted molar refractivity (Wildman–Crippen MR) is 76.6 cm³/mol. The van der Waals surface area contributed by atoms with E-state index in [1.807, 2.05) is 0 Å². The van der Waals surface area contributed by atoms with Gasteiger partial charge in [0.05, 0.1) is 12.1 Å². The molecule has 2 aromatic rings. The van der Waals surface area contributed by atoms with Crippen LogP contribution in [0, 0.1) is 5.82 Å². The van der Waals surface area contributed by atoms with Crippen molar-refractivity contribution in [3.05, 3.63) is 58.4 Å². The lowest BCUT2D eigenvalue weighted by Gasteiger charge is -2.13. The van der Waals surface area contributed by atoms with Crippen LogP contribution in [0.3, 0.4) is 0 Å². The van der Waals surface area contributed by atoms with Crippen LogP contribution in [0.15, 0.2) is 36.4 Å². The summed E-state index contributed by atoms with van der Waals surface area (Å²) in [6.45, 7) is 0.645. The van der Waals surface area contributed by atoms with E-state index in [-0.39, 0.29) is 12.4 Å². The van der Waals surface area contributed by atoms with E-state index in [9.17, 15) is 4.39 Å². The quantitative estimate of drug-likeness (QED) is 0.918. The van der Waals surface area contributed by atoms with Crippen LogP contribution in [0.4, 0.5) is 4.39 Å². The van der Waals surface area contributed by atoms with Crippen LogP contribution in [0.1, 0.15) is 11.1 Å². The van der Waals surface area contributed by atoms with Crippen LogP contribution in [-0.2, 0) is 13.2 Å². The number of methoxy groups -OCH3 is 1. The summed E-state index contributed by atoms with van der Waals surface area (Å²) in [6, 6.07) is 9.61. The lowest BCUT2D eigenvalue weighted by Crippen LogP contribution is -2.01. The number of ether oxygens (including phenoxy) is 2. The van der Waals surface area contributed by atoms with E-state index in [1.54, 1.807) is 24.3 Å². The third-order valence-corrected chi connectivity index (χ3v) is 3.10. The largest absolute Gasteiger partial charge is 0.493 e. The molecule has 0 amide bonds. The maximum absolute atomic E-state index is 12.8. The van der Waals surface area contributed by atoms with E-state index >= 15 is 0 Å². The van der Waals surface area contributed by atoms with Crippen LogP contribution >= 0.6 is 11.6 Å². The van der Waals surface area contributed by atoms with Crippen LogP contribution in [0.2, 0.25) is 5.02 Å². The van der Waals surface area contributed by atoms with Crippen LogP contribution in [-0.4, -0.2) is 7.11 Å². The Kier molecular flexibility index (Phi) is 4.82. The van der Waals surface area contributed by atoms with Gasteiger partial charge in [-0.2, -0.15) is 0 Å². The van der Waals surface area contributed by atoms with E-state index < -0.39 is 0 Å². The zero-order valence-corrected chi connectivity index (χ0v) is 11.8. The second-order valence-electron chi connectivity index (χ2n) is 4.23. The fourth-order valence-corrected chi connectivity index (χ4v) is 2.06. The van der Waals surface area contributed by atoms with Gasteiger partial charge in [-0.05, 0) is 35.4 Å². The SMILES string of the molecule is COc1cc(CN)cc(Cl)c1OCc1ccc(F)cc1. The van der Waals surface area contributed by atoms with E-state index in [0.29, 0.717) is 23.1 Å². The summed E-state index contributed by atoms with van der Waals surface area (Å²) >= 11 is 6.16. The fourth-order valence-electron chi connectivity index (χ4n) is 1.77. The lowest BCUT2D eigenvalue weighted by atomic mass is 10.2. The molecule has 0 aromatic heterocycles. The van der Waals surface area contributed by atoms with E-state index in [2.05, 4.69) is 0 Å². The molecule has 0 spiro atoms. The monoisotopic (exact) mass is 295 g/mol. The van der Waals surface area contributed by atoms with Crippen molar-refractivity contribution >= 4 is 11.6 Å². The minimum absolute atomic E-state index is 0.276. The average Bonchev–Trinajstić information content (AvgIpc) is 2.47. The molecule has 0 atom stereocenters. The zero-order chi connectivity index (χ0) is 14.5. The summed E-state index contributed by atoms with van der Waals surface area (Å²) in [5, 5.41) is 0.437. The van der Waals surface area contributed by atoms with Crippen molar-refractivity contribution in [1.29, 1.82) is 0 Å². The number of halogens is 2. The van der Waals surface area contributed by atoms with Crippen molar-refractivity contribution in [1.82, 2.24) is 0 Å². The van der Waals surface area contributed by atoms with E-state index in [4.69, 9.17) is 26.8 Å². The second kappa shape index (κ2) is 6.59. The van der Waals surface area contributed by atoms with Crippen LogP contribution < -0.4 is 15.2 Å². The number of hydrogen-bond donors (Lipinski definition) is 1. The maximum atomic E-state index is 12.8. The number of rotatable bonds is 5. The van der Waals surface area contributed by atoms with E-state index in [0.717, 1.165) is 11.1 Å². The van der Waals surface area contributed by atoms with Gasteiger partial charge < -0.3 is 15.2 Å². The minimum atomic E-state index is -0.281. The topological polar surface area (TPSA) is 44.5 Å². The third-order valence-electron chi connectivity index (χ3n) is 2.82. The first kappa shape index (κ1) is 14.6. The summed E-state index contributed by atoms with van der Waals surface area (Å²) < 4.78 is 23.7. The smallest absolute Gasteiger partial charge is 0.180 e. The Bertz CT molecular complexity index is 587. The lowest BCUT2D eigenvalue weighted by molar-refractivity contribution is 0.284. The van der Waals surface area contributed by atoms with Gasteiger partial charge in [-0.25, -0.2) is 4.39 Å². The van der Waals surface area contributed by atoms with Gasteiger partial charge >= 0.3 is 0 Å². The molecule has 20 heavy (non-hydrogen) atoms. The van der Waals surface area contributed by atoms with Gasteiger partial charge in [0, 0.05) is 6.54 Å². The molecule has 0 saturated carbocycles. The molecule has 0 radical (unpaired) electrons. The van der Waals surface area contributed by atoms with E-state index in [1.165, 1.54) is 19.2 Å². The first-order valence-electron chi connectivity index (χ1n) is 6.07. The minimum Gasteiger partial charge on any atom is -0.493 e. The van der Waals surface area contributed by atoms with Crippen molar-refractivity contribution in [3.8, 4) is 11.5 Å². The molecular formula is C15H15ClFNO2. The Morgan fingerprint density at radius 2 is 1.85 bits per heavy atom. The van der Waals surface area contributed by atoms with Crippen molar-refractivity contribution < 1.29 is 13.9 Å². The third kappa shape index (κ3) is 3.40. The molecule has 2 rings (SSSR count). The fraction of sp³-hybridized carbons (Fsp3) is 0.200. The second-order valence-corrected chi connectivity index (χ2v) is 4.64. The number of hydrogen-bond acceptors (Lipinski definition) is 3. The molecule has 0 bridgehead atoms. The molecule has 0 aliphatic carbocycles.